The third kappa shape index (κ3) is 3.86. The van der Waals surface area contributed by atoms with Crippen LogP contribution in [0.25, 0.3) is 0 Å². The van der Waals surface area contributed by atoms with Crippen LogP contribution < -0.4 is 9.46 Å². The number of hydrogen-bond acceptors (Lipinski definition) is 4. The molecule has 21 heavy (non-hydrogen) atoms. The average molecular weight is 327 g/mol. The van der Waals surface area contributed by atoms with Crippen LogP contribution in [0.2, 0.25) is 5.02 Å². The maximum absolute atomic E-state index is 12.4. The Morgan fingerprint density at radius 1 is 1.24 bits per heavy atom. The summed E-state index contributed by atoms with van der Waals surface area (Å²) in [6, 6.07) is 8.23. The van der Waals surface area contributed by atoms with Crippen molar-refractivity contribution in [3.05, 3.63) is 47.7 Å². The van der Waals surface area contributed by atoms with Crippen molar-refractivity contribution in [3.8, 4) is 5.75 Å². The van der Waals surface area contributed by atoms with Crippen LogP contribution in [-0.4, -0.2) is 19.5 Å². The van der Waals surface area contributed by atoms with E-state index in [-0.39, 0.29) is 16.0 Å². The molecule has 0 atom stereocenters. The monoisotopic (exact) mass is 326 g/mol. The molecule has 0 spiro atoms. The van der Waals surface area contributed by atoms with Crippen LogP contribution in [0.15, 0.2) is 47.6 Å². The molecule has 1 aromatic carbocycles. The van der Waals surface area contributed by atoms with Crippen LogP contribution in [0.1, 0.15) is 13.8 Å². The molecule has 0 bridgehead atoms. The largest absolute Gasteiger partial charge is 0.489 e. The molecular weight excluding hydrogens is 312 g/mol. The Morgan fingerprint density at radius 3 is 2.62 bits per heavy atom. The first-order valence-corrected chi connectivity index (χ1v) is 8.14. The lowest BCUT2D eigenvalue weighted by Crippen LogP contribution is -2.15. The summed E-state index contributed by atoms with van der Waals surface area (Å²) < 4.78 is 32.8. The zero-order chi connectivity index (χ0) is 15.5. The topological polar surface area (TPSA) is 68.3 Å². The van der Waals surface area contributed by atoms with Gasteiger partial charge in [-0.1, -0.05) is 23.7 Å². The van der Waals surface area contributed by atoms with Crippen LogP contribution in [0.4, 0.5) is 5.69 Å². The van der Waals surface area contributed by atoms with Gasteiger partial charge >= 0.3 is 0 Å². The van der Waals surface area contributed by atoms with E-state index in [9.17, 15) is 8.42 Å². The first-order valence-electron chi connectivity index (χ1n) is 6.28. The summed E-state index contributed by atoms with van der Waals surface area (Å²) in [6.07, 6.45) is 2.56. The summed E-state index contributed by atoms with van der Waals surface area (Å²) in [4.78, 5) is 3.71. The predicted molar refractivity (Wildman–Crippen MR) is 82.3 cm³/mol. The van der Waals surface area contributed by atoms with Gasteiger partial charge in [0, 0.05) is 12.4 Å². The number of halogens is 1. The molecule has 112 valence electrons. The number of rotatable bonds is 5. The second-order valence-electron chi connectivity index (χ2n) is 4.57. The highest BCUT2D eigenvalue weighted by molar-refractivity contribution is 7.92. The number of pyridine rings is 1. The summed E-state index contributed by atoms with van der Waals surface area (Å²) in [7, 11) is -3.83. The Morgan fingerprint density at radius 2 is 1.95 bits per heavy atom. The minimum atomic E-state index is -3.83. The summed E-state index contributed by atoms with van der Waals surface area (Å²) in [5, 5.41) is 0.111. The second kappa shape index (κ2) is 6.32. The Bertz CT molecular complexity index is 733. The Hall–Kier alpha value is -1.79. The molecule has 0 saturated heterocycles. The SMILES string of the molecule is CC(C)Oc1ccccc1NS(=O)(=O)c1cnccc1Cl. The highest BCUT2D eigenvalue weighted by Crippen LogP contribution is 2.29. The van der Waals surface area contributed by atoms with E-state index in [4.69, 9.17) is 16.3 Å². The number of nitrogens with one attached hydrogen (secondary N) is 1. The number of nitrogens with zero attached hydrogens (tertiary/aromatic N) is 1. The molecule has 0 unspecified atom stereocenters. The van der Waals surface area contributed by atoms with Gasteiger partial charge in [0.2, 0.25) is 0 Å². The van der Waals surface area contributed by atoms with E-state index < -0.39 is 10.0 Å². The maximum atomic E-state index is 12.4. The van der Waals surface area contributed by atoms with Gasteiger partial charge in [-0.2, -0.15) is 0 Å². The quantitative estimate of drug-likeness (QED) is 0.915. The van der Waals surface area contributed by atoms with Crippen molar-refractivity contribution in [2.75, 3.05) is 4.72 Å². The van der Waals surface area contributed by atoms with Crippen molar-refractivity contribution in [3.63, 3.8) is 0 Å². The lowest BCUT2D eigenvalue weighted by atomic mass is 10.3. The van der Waals surface area contributed by atoms with Crippen LogP contribution in [0, 0.1) is 0 Å². The molecule has 7 heteroatoms. The summed E-state index contributed by atoms with van der Waals surface area (Å²) in [5.41, 5.74) is 0.353. The van der Waals surface area contributed by atoms with Gasteiger partial charge in [0.1, 0.15) is 10.6 Å². The fourth-order valence-electron chi connectivity index (χ4n) is 1.67. The van der Waals surface area contributed by atoms with Crippen molar-refractivity contribution >= 4 is 27.3 Å². The van der Waals surface area contributed by atoms with E-state index >= 15 is 0 Å². The molecule has 0 saturated carbocycles. The van der Waals surface area contributed by atoms with E-state index in [1.54, 1.807) is 24.3 Å². The molecule has 5 nitrogen and oxygen atoms in total. The van der Waals surface area contributed by atoms with Crippen molar-refractivity contribution in [2.24, 2.45) is 0 Å². The van der Waals surface area contributed by atoms with E-state index in [1.807, 2.05) is 13.8 Å². The lowest BCUT2D eigenvalue weighted by molar-refractivity contribution is 0.244. The van der Waals surface area contributed by atoms with Gasteiger partial charge in [-0.25, -0.2) is 8.42 Å². The van der Waals surface area contributed by atoms with Gasteiger partial charge in [0.15, 0.2) is 0 Å². The summed E-state index contributed by atoms with van der Waals surface area (Å²) in [6.45, 7) is 3.73. The fraction of sp³-hybridized carbons (Fsp3) is 0.214. The van der Waals surface area contributed by atoms with Crippen LogP contribution in [-0.2, 0) is 10.0 Å². The molecule has 0 aliphatic rings. The number of sulfonamides is 1. The minimum Gasteiger partial charge on any atom is -0.489 e. The molecule has 2 rings (SSSR count). The molecule has 1 heterocycles. The minimum absolute atomic E-state index is 0.0716. The van der Waals surface area contributed by atoms with Gasteiger partial charge in [0.25, 0.3) is 10.0 Å². The molecule has 2 aromatic rings. The van der Waals surface area contributed by atoms with Crippen molar-refractivity contribution in [1.82, 2.24) is 4.98 Å². The van der Waals surface area contributed by atoms with Gasteiger partial charge in [0.05, 0.1) is 16.8 Å². The van der Waals surface area contributed by atoms with Crippen molar-refractivity contribution in [2.45, 2.75) is 24.8 Å². The number of aromatic nitrogens is 1. The number of benzene rings is 1. The molecule has 0 aliphatic heterocycles. The first kappa shape index (κ1) is 15.6. The van der Waals surface area contributed by atoms with Crippen LogP contribution >= 0.6 is 11.6 Å². The lowest BCUT2D eigenvalue weighted by Gasteiger charge is -2.15. The fourth-order valence-corrected chi connectivity index (χ4v) is 3.17. The summed E-state index contributed by atoms with van der Waals surface area (Å²) >= 11 is 5.91. The maximum Gasteiger partial charge on any atom is 0.265 e. The number of ether oxygens (including phenoxy) is 1. The smallest absolute Gasteiger partial charge is 0.265 e. The molecule has 0 radical (unpaired) electrons. The van der Waals surface area contributed by atoms with Crippen molar-refractivity contribution in [1.29, 1.82) is 0 Å². The van der Waals surface area contributed by atoms with Gasteiger partial charge in [-0.3, -0.25) is 9.71 Å². The third-order valence-electron chi connectivity index (χ3n) is 2.52. The number of para-hydroxylation sites is 2. The zero-order valence-corrected chi connectivity index (χ0v) is 13.1. The van der Waals surface area contributed by atoms with E-state index in [0.29, 0.717) is 11.4 Å². The molecule has 1 N–H and O–H groups in total. The van der Waals surface area contributed by atoms with Gasteiger partial charge in [-0.05, 0) is 32.0 Å². The number of hydrogen-bond donors (Lipinski definition) is 1. The average Bonchev–Trinajstić information content (AvgIpc) is 2.40. The summed E-state index contributed by atoms with van der Waals surface area (Å²) in [5.74, 6) is 0.455. The van der Waals surface area contributed by atoms with E-state index in [1.165, 1.54) is 18.5 Å². The highest BCUT2D eigenvalue weighted by Gasteiger charge is 2.20. The first-order chi connectivity index (χ1) is 9.90. The number of anilines is 1. The zero-order valence-electron chi connectivity index (χ0n) is 11.6. The highest BCUT2D eigenvalue weighted by atomic mass is 35.5. The van der Waals surface area contributed by atoms with E-state index in [0.717, 1.165) is 0 Å². The Kier molecular flexibility index (Phi) is 4.69. The normalized spacial score (nSPS) is 11.4. The molecule has 0 amide bonds. The van der Waals surface area contributed by atoms with Gasteiger partial charge < -0.3 is 4.74 Å². The second-order valence-corrected chi connectivity index (χ2v) is 6.63. The third-order valence-corrected chi connectivity index (χ3v) is 4.35. The van der Waals surface area contributed by atoms with Gasteiger partial charge in [-0.15, -0.1) is 0 Å². The van der Waals surface area contributed by atoms with Crippen molar-refractivity contribution < 1.29 is 13.2 Å². The standard InChI is InChI=1S/C14H15ClN2O3S/c1-10(2)20-13-6-4-3-5-12(13)17-21(18,19)14-9-16-8-7-11(14)15/h3-10,17H,1-2H3. The molecule has 1 aromatic heterocycles. The predicted octanol–water partition coefficient (Wildman–Crippen LogP) is 3.32. The Labute approximate surface area is 129 Å². The van der Waals surface area contributed by atoms with Crippen LogP contribution in [0.3, 0.4) is 0 Å². The molecular formula is C14H15ClN2O3S. The molecule has 0 fully saturated rings. The van der Waals surface area contributed by atoms with Crippen LogP contribution in [0.5, 0.6) is 5.75 Å². The van der Waals surface area contributed by atoms with E-state index in [2.05, 4.69) is 9.71 Å². The molecule has 0 aliphatic carbocycles. The Balaban J connectivity index is 2.36.